The summed E-state index contributed by atoms with van der Waals surface area (Å²) in [4.78, 5) is 0. The lowest BCUT2D eigenvalue weighted by Gasteiger charge is -2.34. The third kappa shape index (κ3) is 7.92. The molecule has 0 amide bonds. The number of hydrogen-bond donors (Lipinski definition) is 0. The van der Waals surface area contributed by atoms with Gasteiger partial charge in [-0.1, -0.05) is 326 Å². The van der Waals surface area contributed by atoms with Gasteiger partial charge in [-0.3, -0.25) is 0 Å². The van der Waals surface area contributed by atoms with Crippen molar-refractivity contribution in [2.75, 3.05) is 0 Å². The Morgan fingerprint density at radius 2 is 0.490 bits per heavy atom. The minimum absolute atomic E-state index is 0.0492. The van der Waals surface area contributed by atoms with Gasteiger partial charge >= 0.3 is 0 Å². The van der Waals surface area contributed by atoms with Gasteiger partial charge in [-0.2, -0.15) is 0 Å². The van der Waals surface area contributed by atoms with Crippen LogP contribution in [-0.2, 0) is 32.5 Å². The van der Waals surface area contributed by atoms with Gasteiger partial charge < -0.3 is 8.80 Å². The van der Waals surface area contributed by atoms with Crippen molar-refractivity contribution in [3.63, 3.8) is 0 Å². The Balaban J connectivity index is 0.996. The van der Waals surface area contributed by atoms with Crippen LogP contribution in [0.1, 0.15) is 150 Å². The second-order valence-corrected chi connectivity index (χ2v) is 32.8. The van der Waals surface area contributed by atoms with Gasteiger partial charge in [0, 0.05) is 43.1 Å². The van der Waals surface area contributed by atoms with E-state index < -0.39 is 10.8 Å². The van der Waals surface area contributed by atoms with Crippen LogP contribution in [0.4, 0.5) is 0 Å². The van der Waals surface area contributed by atoms with Crippen molar-refractivity contribution in [3.05, 3.63) is 334 Å². The molecule has 2 heteroatoms. The van der Waals surface area contributed by atoms with Crippen molar-refractivity contribution >= 4 is 76.2 Å². The van der Waals surface area contributed by atoms with Crippen LogP contribution in [0.3, 0.4) is 0 Å². The lowest BCUT2D eigenvalue weighted by Crippen LogP contribution is -2.28. The molecule has 4 heterocycles. The van der Waals surface area contributed by atoms with Gasteiger partial charge in [0.1, 0.15) is 0 Å². The molecule has 0 atom stereocenters. The molecule has 0 aliphatic heterocycles. The monoisotopic (exact) mass is 1260 g/mol. The molecule has 2 aliphatic carbocycles. The molecule has 0 radical (unpaired) electrons. The molecule has 0 bridgehead atoms. The largest absolute Gasteiger partial charge is 0.308 e. The molecule has 2 nitrogen and oxygen atoms in total. The molecular weight excluding hydrogens is 1180 g/mol. The fourth-order valence-corrected chi connectivity index (χ4v) is 18.2. The topological polar surface area (TPSA) is 8.82 Å². The van der Waals surface area contributed by atoms with Crippen LogP contribution in [0, 0.1) is 0 Å². The summed E-state index contributed by atoms with van der Waals surface area (Å²) in [5.74, 6) is 0. The molecule has 0 N–H and O–H groups in total. The highest BCUT2D eigenvalue weighted by Gasteiger charge is 2.48. The molecule has 0 fully saturated rings. The first-order valence-corrected chi connectivity index (χ1v) is 35.4. The minimum Gasteiger partial charge on any atom is -0.308 e. The van der Waals surface area contributed by atoms with E-state index in [2.05, 4.69) is 359 Å². The fourth-order valence-electron chi connectivity index (χ4n) is 18.2. The molecular formula is C96H80N2. The predicted octanol–water partition coefficient (Wildman–Crippen LogP) is 25.2. The van der Waals surface area contributed by atoms with Crippen LogP contribution in [0.15, 0.2) is 267 Å². The summed E-state index contributed by atoms with van der Waals surface area (Å²) in [5, 5.41) is 10.3. The van der Waals surface area contributed by atoms with E-state index in [0.29, 0.717) is 0 Å². The summed E-state index contributed by atoms with van der Waals surface area (Å²) < 4.78 is 5.43. The van der Waals surface area contributed by atoms with Crippen LogP contribution in [0.5, 0.6) is 0 Å². The Hall–Kier alpha value is -10.5. The van der Waals surface area contributed by atoms with Crippen molar-refractivity contribution in [1.29, 1.82) is 0 Å². The Labute approximate surface area is 575 Å². The smallest absolute Gasteiger partial charge is 0.0714 e. The summed E-state index contributed by atoms with van der Waals surface area (Å²) in [5.41, 5.74) is 31.9. The Morgan fingerprint density at radius 1 is 0.224 bits per heavy atom. The number of nitrogens with zero attached hydrogens (tertiary/aromatic N) is 2. The second-order valence-electron chi connectivity index (χ2n) is 32.8. The number of fused-ring (bicyclic) bond motifs is 20. The summed E-state index contributed by atoms with van der Waals surface area (Å²) in [6, 6.07) is 104. The van der Waals surface area contributed by atoms with Crippen LogP contribution in [0.2, 0.25) is 0 Å². The van der Waals surface area contributed by atoms with E-state index in [-0.39, 0.29) is 21.7 Å². The molecule has 2 aliphatic rings. The van der Waals surface area contributed by atoms with E-state index in [0.717, 1.165) is 0 Å². The van der Waals surface area contributed by atoms with Gasteiger partial charge in [-0.25, -0.2) is 0 Å². The van der Waals surface area contributed by atoms with Crippen LogP contribution < -0.4 is 0 Å². The van der Waals surface area contributed by atoms with Gasteiger partial charge in [-0.05, 0) is 157 Å². The molecule has 13 aromatic carbocycles. The molecule has 19 rings (SSSR count). The van der Waals surface area contributed by atoms with Gasteiger partial charge in [-0.15, -0.1) is 0 Å². The average Bonchev–Trinajstić information content (AvgIpc) is 1.46. The van der Waals surface area contributed by atoms with E-state index in [1.165, 1.54) is 187 Å². The second kappa shape index (κ2) is 20.1. The lowest BCUT2D eigenvalue weighted by atomic mass is 9.67. The molecule has 17 aromatic rings. The highest BCUT2D eigenvalue weighted by Crippen LogP contribution is 2.61. The number of hydrogen-bond acceptors (Lipinski definition) is 0. The van der Waals surface area contributed by atoms with Crippen molar-refractivity contribution in [3.8, 4) is 44.5 Å². The van der Waals surface area contributed by atoms with E-state index in [9.17, 15) is 0 Å². The van der Waals surface area contributed by atoms with Gasteiger partial charge in [0.15, 0.2) is 0 Å². The highest BCUT2D eigenvalue weighted by molar-refractivity contribution is 6.45. The molecule has 4 aromatic heterocycles. The normalized spacial score (nSPS) is 14.5. The van der Waals surface area contributed by atoms with Crippen LogP contribution in [0.25, 0.3) is 121 Å². The van der Waals surface area contributed by atoms with Crippen LogP contribution >= 0.6 is 0 Å². The maximum atomic E-state index is 2.72. The quantitative estimate of drug-likeness (QED) is 0.157. The van der Waals surface area contributed by atoms with Crippen LogP contribution in [-0.4, -0.2) is 8.80 Å². The predicted molar refractivity (Wildman–Crippen MR) is 416 cm³/mol. The maximum absolute atomic E-state index is 2.72. The SMILES string of the molecule is CC(C)(C)c1cc(-c2ccc3c4c5c6ccc(C7(c8ccccc8)c8ccccc8-c8ccccc87)cc6n6c7cc(-c8cc(C(C)(C)C)cc(C(C)(C)C)c8)ccc7c(c7c8ccc(C9(c%10ccccc%10)c%10ccccc%10-c%10ccccc%109)cc8n(c3c2)c47)c56)cc(C(C)(C)C)c1. The first-order valence-electron chi connectivity index (χ1n) is 35.4. The average molecular weight is 1260 g/mol. The van der Waals surface area contributed by atoms with Crippen molar-refractivity contribution in [1.82, 2.24) is 8.80 Å². The Bertz CT molecular complexity index is 5660. The fraction of sp³-hybridized carbons (Fsp3) is 0.188. The lowest BCUT2D eigenvalue weighted by molar-refractivity contribution is 0.568. The number of benzene rings is 13. The van der Waals surface area contributed by atoms with E-state index in [4.69, 9.17) is 0 Å². The summed E-state index contributed by atoms with van der Waals surface area (Å²) in [6.07, 6.45) is 0. The first-order chi connectivity index (χ1) is 47.1. The maximum Gasteiger partial charge on any atom is 0.0714 e. The van der Waals surface area contributed by atoms with Gasteiger partial charge in [0.2, 0.25) is 0 Å². The highest BCUT2D eigenvalue weighted by atomic mass is 14.9. The zero-order valence-electron chi connectivity index (χ0n) is 58.3. The standard InChI is InChI=1S/C96H80N2/c1-91(2,3)65-47-59(48-66(53-65)92(4,5)6)57-39-43-73-81(51-57)97-83-55-63(95(61-27-15-13-16-28-61)77-35-23-19-31-69(77)70-32-20-24-36-78(70)95)41-45-75(83)88-86-74-44-40-58(60-49-67(93(7,8)9)54-68(50-60)94(10,11)12)52-82(74)98-84-56-64(42-46-76(84)87(90(86)98)85(73)89(88)97)96(62-29-17-14-18-30-62)79-37-25-21-33-71(79)72-34-22-26-38-80(72)96/h13-56H,1-12H3. The zero-order chi connectivity index (χ0) is 66.9. The van der Waals surface area contributed by atoms with Gasteiger partial charge in [0.05, 0.1) is 43.9 Å². The molecule has 98 heavy (non-hydrogen) atoms. The third-order valence-electron chi connectivity index (χ3n) is 23.1. The summed E-state index contributed by atoms with van der Waals surface area (Å²) >= 11 is 0. The minimum atomic E-state index is -0.591. The van der Waals surface area contributed by atoms with E-state index >= 15 is 0 Å². The molecule has 0 saturated carbocycles. The number of aromatic nitrogens is 2. The van der Waals surface area contributed by atoms with Crippen molar-refractivity contribution in [2.24, 2.45) is 0 Å². The summed E-state index contributed by atoms with van der Waals surface area (Å²) in [6.45, 7) is 28.3. The van der Waals surface area contributed by atoms with Crippen molar-refractivity contribution in [2.45, 2.75) is 116 Å². The number of rotatable bonds is 6. The van der Waals surface area contributed by atoms with E-state index in [1.807, 2.05) is 0 Å². The summed E-state index contributed by atoms with van der Waals surface area (Å²) in [7, 11) is 0. The molecule has 0 unspecified atom stereocenters. The molecule has 474 valence electrons. The molecule has 0 spiro atoms. The third-order valence-corrected chi connectivity index (χ3v) is 23.1. The molecule has 0 saturated heterocycles. The first kappa shape index (κ1) is 58.8. The van der Waals surface area contributed by atoms with E-state index in [1.54, 1.807) is 0 Å². The van der Waals surface area contributed by atoms with Crippen molar-refractivity contribution < 1.29 is 0 Å². The Kier molecular flexibility index (Phi) is 12.0. The van der Waals surface area contributed by atoms with Gasteiger partial charge in [0.25, 0.3) is 0 Å². The Morgan fingerprint density at radius 3 is 0.786 bits per heavy atom. The zero-order valence-corrected chi connectivity index (χ0v) is 58.3.